The average molecular weight is 326 g/mol. The maximum atomic E-state index is 13.1. The van der Waals surface area contributed by atoms with Crippen molar-refractivity contribution < 1.29 is 4.39 Å². The monoisotopic (exact) mass is 325 g/mol. The third kappa shape index (κ3) is 3.42. The summed E-state index contributed by atoms with van der Waals surface area (Å²) in [5, 5.41) is 3.27. The summed E-state index contributed by atoms with van der Waals surface area (Å²) in [6, 6.07) is 4.98. The topological polar surface area (TPSA) is 29.9 Å². The summed E-state index contributed by atoms with van der Waals surface area (Å²) in [6.07, 6.45) is 5.53. The number of aromatic nitrogens is 2. The van der Waals surface area contributed by atoms with E-state index in [-0.39, 0.29) is 11.9 Å². The molecule has 0 radical (unpaired) electrons. The molecule has 19 heavy (non-hydrogen) atoms. The second kappa shape index (κ2) is 6.30. The highest BCUT2D eigenvalue weighted by molar-refractivity contribution is 9.10. The molecule has 0 aliphatic heterocycles. The van der Waals surface area contributed by atoms with E-state index >= 15 is 0 Å². The van der Waals surface area contributed by atoms with Crippen molar-refractivity contribution in [1.29, 1.82) is 0 Å². The van der Waals surface area contributed by atoms with E-state index in [1.807, 2.05) is 30.9 Å². The zero-order valence-corrected chi connectivity index (χ0v) is 12.6. The minimum Gasteiger partial charge on any atom is -0.338 e. The molecule has 1 N–H and O–H groups in total. The van der Waals surface area contributed by atoms with Gasteiger partial charge in [0.1, 0.15) is 11.6 Å². The smallest absolute Gasteiger partial charge is 0.124 e. The Balaban J connectivity index is 2.10. The van der Waals surface area contributed by atoms with Crippen molar-refractivity contribution in [3.05, 3.63) is 52.3 Å². The van der Waals surface area contributed by atoms with E-state index in [4.69, 9.17) is 0 Å². The molecule has 0 saturated heterocycles. The molecule has 0 saturated carbocycles. The third-order valence-corrected chi connectivity index (χ3v) is 3.95. The van der Waals surface area contributed by atoms with Gasteiger partial charge in [-0.15, -0.1) is 0 Å². The molecule has 0 amide bonds. The molecule has 5 heteroatoms. The molecule has 2 rings (SSSR count). The van der Waals surface area contributed by atoms with Crippen LogP contribution in [0.15, 0.2) is 35.1 Å². The van der Waals surface area contributed by atoms with Crippen LogP contribution in [0, 0.1) is 5.82 Å². The van der Waals surface area contributed by atoms with Crippen LogP contribution in [0.5, 0.6) is 0 Å². The number of imidazole rings is 1. The number of benzene rings is 1. The molecule has 102 valence electrons. The zero-order valence-electron chi connectivity index (χ0n) is 11.0. The van der Waals surface area contributed by atoms with Crippen molar-refractivity contribution >= 4 is 15.9 Å². The quantitative estimate of drug-likeness (QED) is 0.914. The van der Waals surface area contributed by atoms with Crippen molar-refractivity contribution in [2.45, 2.75) is 18.9 Å². The summed E-state index contributed by atoms with van der Waals surface area (Å²) in [5.41, 5.74) is 1.07. The van der Waals surface area contributed by atoms with Gasteiger partial charge < -0.3 is 9.88 Å². The minimum absolute atomic E-state index is 0.173. The number of nitrogens with one attached hydrogen (secondary N) is 1. The average Bonchev–Trinajstić information content (AvgIpc) is 2.78. The fraction of sp³-hybridized carbons (Fsp3) is 0.357. The second-order valence-electron chi connectivity index (χ2n) is 4.50. The van der Waals surface area contributed by atoms with Gasteiger partial charge in [0.25, 0.3) is 0 Å². The second-order valence-corrected chi connectivity index (χ2v) is 5.35. The Hall–Kier alpha value is -1.20. The number of halogens is 2. The highest BCUT2D eigenvalue weighted by Gasteiger charge is 2.14. The van der Waals surface area contributed by atoms with Crippen LogP contribution < -0.4 is 5.32 Å². The van der Waals surface area contributed by atoms with E-state index in [0.29, 0.717) is 0 Å². The zero-order chi connectivity index (χ0) is 13.8. The van der Waals surface area contributed by atoms with E-state index in [1.54, 1.807) is 6.20 Å². The molecule has 2 aromatic rings. The summed E-state index contributed by atoms with van der Waals surface area (Å²) < 4.78 is 15.9. The summed E-state index contributed by atoms with van der Waals surface area (Å²) in [5.74, 6) is 0.827. The van der Waals surface area contributed by atoms with Crippen LogP contribution in [-0.2, 0) is 13.5 Å². The number of hydrogen-bond acceptors (Lipinski definition) is 2. The molecular formula is C14H17BrFN3. The summed E-state index contributed by atoms with van der Waals surface area (Å²) in [4.78, 5) is 4.32. The maximum absolute atomic E-state index is 13.1. The number of rotatable bonds is 5. The number of aryl methyl sites for hydroxylation is 2. The fourth-order valence-corrected chi connectivity index (χ4v) is 2.78. The van der Waals surface area contributed by atoms with Crippen molar-refractivity contribution in [2.75, 3.05) is 7.05 Å². The van der Waals surface area contributed by atoms with Crippen LogP contribution in [0.2, 0.25) is 0 Å². The Morgan fingerprint density at radius 3 is 2.84 bits per heavy atom. The number of nitrogens with zero attached hydrogens (tertiary/aromatic N) is 2. The molecule has 1 aromatic heterocycles. The molecule has 0 fully saturated rings. The summed E-state index contributed by atoms with van der Waals surface area (Å²) >= 11 is 3.42. The molecular weight excluding hydrogens is 309 g/mol. The Morgan fingerprint density at radius 1 is 1.47 bits per heavy atom. The lowest BCUT2D eigenvalue weighted by atomic mass is 10.0. The van der Waals surface area contributed by atoms with E-state index in [0.717, 1.165) is 28.7 Å². The van der Waals surface area contributed by atoms with Crippen LogP contribution in [0.4, 0.5) is 4.39 Å². The first kappa shape index (κ1) is 14.2. The standard InChI is InChI=1S/C14H17BrFN3/c1-17-13(5-6-14-18-7-8-19(14)2)11-4-3-10(16)9-12(11)15/h3-4,7-9,13,17H,5-6H2,1-2H3. The van der Waals surface area contributed by atoms with Gasteiger partial charge in [-0.1, -0.05) is 22.0 Å². The Kier molecular flexibility index (Phi) is 4.71. The largest absolute Gasteiger partial charge is 0.338 e. The molecule has 0 aliphatic rings. The first-order chi connectivity index (χ1) is 9.11. The molecule has 3 nitrogen and oxygen atoms in total. The third-order valence-electron chi connectivity index (χ3n) is 3.26. The lowest BCUT2D eigenvalue weighted by molar-refractivity contribution is 0.532. The maximum Gasteiger partial charge on any atom is 0.124 e. The van der Waals surface area contributed by atoms with Crippen molar-refractivity contribution in [1.82, 2.24) is 14.9 Å². The lowest BCUT2D eigenvalue weighted by Gasteiger charge is -2.18. The van der Waals surface area contributed by atoms with Crippen molar-refractivity contribution in [3.8, 4) is 0 Å². The molecule has 1 heterocycles. The van der Waals surface area contributed by atoms with Gasteiger partial charge >= 0.3 is 0 Å². The van der Waals surface area contributed by atoms with Crippen LogP contribution >= 0.6 is 15.9 Å². The minimum atomic E-state index is -0.227. The Bertz CT molecular complexity index is 553. The van der Waals surface area contributed by atoms with Gasteiger partial charge in [0, 0.05) is 36.4 Å². The molecule has 0 spiro atoms. The predicted octanol–water partition coefficient (Wildman–Crippen LogP) is 3.22. The van der Waals surface area contributed by atoms with Gasteiger partial charge in [-0.25, -0.2) is 9.37 Å². The first-order valence-corrected chi connectivity index (χ1v) is 6.99. The number of hydrogen-bond donors (Lipinski definition) is 1. The van der Waals surface area contributed by atoms with Crippen molar-refractivity contribution in [3.63, 3.8) is 0 Å². The van der Waals surface area contributed by atoms with Gasteiger partial charge in [0.05, 0.1) is 0 Å². The van der Waals surface area contributed by atoms with E-state index in [9.17, 15) is 4.39 Å². The van der Waals surface area contributed by atoms with Crippen LogP contribution in [0.3, 0.4) is 0 Å². The SMILES string of the molecule is CNC(CCc1nccn1C)c1ccc(F)cc1Br. The van der Waals surface area contributed by atoms with Crippen LogP contribution in [-0.4, -0.2) is 16.6 Å². The molecule has 0 bridgehead atoms. The van der Waals surface area contributed by atoms with Gasteiger partial charge in [-0.05, 0) is 31.2 Å². The van der Waals surface area contributed by atoms with Crippen LogP contribution in [0.25, 0.3) is 0 Å². The normalized spacial score (nSPS) is 12.6. The van der Waals surface area contributed by atoms with Crippen molar-refractivity contribution in [2.24, 2.45) is 7.05 Å². The molecule has 1 unspecified atom stereocenters. The summed E-state index contributed by atoms with van der Waals surface area (Å²) in [7, 11) is 3.91. The molecule has 1 aromatic carbocycles. The fourth-order valence-electron chi connectivity index (χ4n) is 2.15. The summed E-state index contributed by atoms with van der Waals surface area (Å²) in [6.45, 7) is 0. The van der Waals surface area contributed by atoms with E-state index in [2.05, 4.69) is 26.2 Å². The Labute approximate surface area is 121 Å². The van der Waals surface area contributed by atoms with Gasteiger partial charge in [-0.3, -0.25) is 0 Å². The van der Waals surface area contributed by atoms with Gasteiger partial charge in [0.2, 0.25) is 0 Å². The highest BCUT2D eigenvalue weighted by atomic mass is 79.9. The van der Waals surface area contributed by atoms with E-state index in [1.165, 1.54) is 12.1 Å². The first-order valence-electron chi connectivity index (χ1n) is 6.20. The molecule has 0 aliphatic carbocycles. The van der Waals surface area contributed by atoms with Gasteiger partial charge in [0.15, 0.2) is 0 Å². The Morgan fingerprint density at radius 2 is 2.26 bits per heavy atom. The van der Waals surface area contributed by atoms with Gasteiger partial charge in [-0.2, -0.15) is 0 Å². The van der Waals surface area contributed by atoms with Crippen LogP contribution in [0.1, 0.15) is 23.9 Å². The highest BCUT2D eigenvalue weighted by Crippen LogP contribution is 2.27. The lowest BCUT2D eigenvalue weighted by Crippen LogP contribution is -2.18. The molecule has 1 atom stereocenters. The van der Waals surface area contributed by atoms with E-state index < -0.39 is 0 Å². The predicted molar refractivity (Wildman–Crippen MR) is 77.4 cm³/mol.